The summed E-state index contributed by atoms with van der Waals surface area (Å²) in [7, 11) is 0. The second-order valence-electron chi connectivity index (χ2n) is 16.8. The zero-order valence-electron chi connectivity index (χ0n) is 36.0. The van der Waals surface area contributed by atoms with Crippen LogP contribution in [-0.2, 0) is 6.54 Å². The number of fused-ring (bicyclic) bond motifs is 10. The van der Waals surface area contributed by atoms with Gasteiger partial charge < -0.3 is 0 Å². The lowest BCUT2D eigenvalue weighted by atomic mass is 9.94. The Hall–Kier alpha value is -8.31. The fraction of sp³-hybridized carbons (Fsp3) is 0.0161. The molecule has 0 aliphatic heterocycles. The zero-order chi connectivity index (χ0) is 44.0. The van der Waals surface area contributed by atoms with Crippen molar-refractivity contribution in [1.82, 2.24) is 0 Å². The Labute approximate surface area is 387 Å². The van der Waals surface area contributed by atoms with E-state index in [4.69, 9.17) is 9.98 Å². The minimum Gasteiger partial charge on any atom is -0.261 e. The number of benzene rings is 11. The maximum atomic E-state index is 5.25. The van der Waals surface area contributed by atoms with E-state index < -0.39 is 0 Å². The highest BCUT2D eigenvalue weighted by Gasteiger charge is 2.16. The molecule has 310 valence electrons. The van der Waals surface area contributed by atoms with Gasteiger partial charge in [-0.05, 0) is 114 Å². The van der Waals surface area contributed by atoms with Crippen molar-refractivity contribution < 1.29 is 0 Å². The van der Waals surface area contributed by atoms with Gasteiger partial charge in [-0.3, -0.25) is 4.99 Å². The van der Waals surface area contributed by atoms with Crippen LogP contribution >= 0.6 is 11.3 Å². The maximum absolute atomic E-state index is 5.25. The average molecular weight is 860 g/mol. The van der Waals surface area contributed by atoms with Crippen LogP contribution in [0.15, 0.2) is 239 Å². The van der Waals surface area contributed by atoms with E-state index in [9.17, 15) is 0 Å². The number of thiophene rings is 1. The Balaban J connectivity index is 0.884. The molecule has 0 bridgehead atoms. The van der Waals surface area contributed by atoms with E-state index in [2.05, 4.69) is 218 Å². The van der Waals surface area contributed by atoms with E-state index in [0.29, 0.717) is 18.2 Å². The first-order valence-electron chi connectivity index (χ1n) is 22.3. The highest BCUT2D eigenvalue weighted by Crippen LogP contribution is 2.45. The van der Waals surface area contributed by atoms with Crippen LogP contribution in [0.4, 0.5) is 0 Å². The molecule has 11 aromatic carbocycles. The van der Waals surface area contributed by atoms with Crippen LogP contribution in [0, 0.1) is 0 Å². The Morgan fingerprint density at radius 2 is 0.848 bits per heavy atom. The summed E-state index contributed by atoms with van der Waals surface area (Å²) in [6.07, 6.45) is 0. The van der Waals surface area contributed by atoms with Gasteiger partial charge >= 0.3 is 0 Å². The lowest BCUT2D eigenvalue weighted by molar-refractivity contribution is 1.06. The number of nitrogens with zero attached hydrogens (tertiary/aromatic N) is 3. The normalized spacial score (nSPS) is 12.2. The molecular weight excluding hydrogens is 819 g/mol. The Morgan fingerprint density at radius 3 is 1.47 bits per heavy atom. The monoisotopic (exact) mass is 859 g/mol. The van der Waals surface area contributed by atoms with Crippen molar-refractivity contribution >= 4 is 93.0 Å². The molecule has 0 N–H and O–H groups in total. The first kappa shape index (κ1) is 39.3. The topological polar surface area (TPSA) is 37.1 Å². The van der Waals surface area contributed by atoms with Gasteiger partial charge in [0.15, 0.2) is 11.7 Å². The van der Waals surface area contributed by atoms with Crippen molar-refractivity contribution in [2.45, 2.75) is 6.54 Å². The summed E-state index contributed by atoms with van der Waals surface area (Å²) < 4.78 is 2.66. The highest BCUT2D eigenvalue weighted by molar-refractivity contribution is 7.27. The van der Waals surface area contributed by atoms with Gasteiger partial charge in [0.25, 0.3) is 0 Å². The van der Waals surface area contributed by atoms with Gasteiger partial charge in [-0.1, -0.05) is 194 Å². The Bertz CT molecular complexity index is 3940. The predicted octanol–water partition coefficient (Wildman–Crippen LogP) is 16.8. The van der Waals surface area contributed by atoms with E-state index >= 15 is 0 Å². The van der Waals surface area contributed by atoms with Gasteiger partial charge in [-0.25, -0.2) is 9.98 Å². The van der Waals surface area contributed by atoms with Gasteiger partial charge in [0, 0.05) is 36.7 Å². The minimum absolute atomic E-state index is 0.438. The third-order valence-electron chi connectivity index (χ3n) is 12.8. The molecule has 66 heavy (non-hydrogen) atoms. The fourth-order valence-corrected chi connectivity index (χ4v) is 10.9. The summed E-state index contributed by atoms with van der Waals surface area (Å²) in [6, 6.07) is 80.3. The van der Waals surface area contributed by atoms with Crippen LogP contribution in [0.3, 0.4) is 0 Å². The number of amidine groups is 2. The molecule has 0 aliphatic carbocycles. The summed E-state index contributed by atoms with van der Waals surface area (Å²) in [6.45, 7) is 4.40. The van der Waals surface area contributed by atoms with E-state index in [1.54, 1.807) is 0 Å². The lowest BCUT2D eigenvalue weighted by Crippen LogP contribution is -2.07. The van der Waals surface area contributed by atoms with Crippen molar-refractivity contribution in [1.29, 1.82) is 0 Å². The SMILES string of the molecule is C=NC(=NC(=NCc1cccc(-c2cccc(-c3cccc(-c4ccc5sc6c7ccccc7c7ccccc7c6c5c4)c3)c2)c1)c1cccc2ccccc12)c1cccc2ccccc12. The van der Waals surface area contributed by atoms with Crippen molar-refractivity contribution in [2.75, 3.05) is 0 Å². The molecule has 3 nitrogen and oxygen atoms in total. The molecular formula is C62H41N3S. The zero-order valence-corrected chi connectivity index (χ0v) is 36.8. The molecule has 12 aromatic rings. The molecule has 0 aliphatic rings. The van der Waals surface area contributed by atoms with Crippen LogP contribution in [0.2, 0.25) is 0 Å². The number of aliphatic imine (C=N–C) groups is 3. The molecule has 1 heterocycles. The second kappa shape index (κ2) is 16.7. The summed E-state index contributed by atoms with van der Waals surface area (Å²) in [5, 5.41) is 12.3. The van der Waals surface area contributed by atoms with Gasteiger partial charge in [0.1, 0.15) is 0 Å². The van der Waals surface area contributed by atoms with Gasteiger partial charge in [-0.15, -0.1) is 11.3 Å². The minimum atomic E-state index is 0.438. The fourth-order valence-electron chi connectivity index (χ4n) is 9.66. The van der Waals surface area contributed by atoms with E-state index in [1.807, 2.05) is 29.5 Å². The lowest BCUT2D eigenvalue weighted by Gasteiger charge is -2.11. The first-order valence-corrected chi connectivity index (χ1v) is 23.1. The molecule has 0 saturated heterocycles. The van der Waals surface area contributed by atoms with Crippen LogP contribution in [-0.4, -0.2) is 18.4 Å². The summed E-state index contributed by atoms with van der Waals surface area (Å²) >= 11 is 1.90. The number of hydrogen-bond acceptors (Lipinski definition) is 2. The molecule has 0 unspecified atom stereocenters. The Morgan fingerprint density at radius 1 is 0.379 bits per heavy atom. The summed E-state index contributed by atoms with van der Waals surface area (Å²) in [5.41, 5.74) is 10.00. The second-order valence-corrected chi connectivity index (χ2v) is 17.8. The van der Waals surface area contributed by atoms with E-state index in [-0.39, 0.29) is 0 Å². The third-order valence-corrected chi connectivity index (χ3v) is 14.0. The van der Waals surface area contributed by atoms with Gasteiger partial charge in [0.2, 0.25) is 0 Å². The Kier molecular flexibility index (Phi) is 9.93. The predicted molar refractivity (Wildman–Crippen MR) is 285 cm³/mol. The molecule has 0 radical (unpaired) electrons. The van der Waals surface area contributed by atoms with Crippen LogP contribution in [0.5, 0.6) is 0 Å². The van der Waals surface area contributed by atoms with Crippen molar-refractivity contribution in [2.24, 2.45) is 15.0 Å². The van der Waals surface area contributed by atoms with Gasteiger partial charge in [0.05, 0.1) is 6.54 Å². The molecule has 0 fully saturated rings. The summed E-state index contributed by atoms with van der Waals surface area (Å²) in [5.74, 6) is 1.15. The smallest absolute Gasteiger partial charge is 0.161 e. The quantitative estimate of drug-likeness (QED) is 0.0870. The third kappa shape index (κ3) is 7.05. The summed E-state index contributed by atoms with van der Waals surface area (Å²) in [4.78, 5) is 14.9. The average Bonchev–Trinajstić information content (AvgIpc) is 3.78. The number of rotatable bonds is 7. The number of hydrogen-bond donors (Lipinski definition) is 0. The molecule has 0 saturated carbocycles. The van der Waals surface area contributed by atoms with E-state index in [0.717, 1.165) is 49.4 Å². The van der Waals surface area contributed by atoms with Crippen LogP contribution in [0.1, 0.15) is 16.7 Å². The molecule has 0 amide bonds. The molecule has 0 atom stereocenters. The van der Waals surface area contributed by atoms with Crippen molar-refractivity contribution in [3.8, 4) is 33.4 Å². The molecule has 0 spiro atoms. The van der Waals surface area contributed by atoms with Crippen molar-refractivity contribution in [3.05, 3.63) is 241 Å². The largest absolute Gasteiger partial charge is 0.261 e. The standard InChI is InChI=1S/C62H41N3S/c1-63-61(55-31-13-18-41-16-2-4-25-49(41)55)65-62(56-32-14-19-42-17-3-5-26-50(42)56)64-39-40-15-10-20-43(35-40)44-21-11-22-45(36-44)46-23-12-24-47(37-46)48-33-34-58-57(38-48)59-53-29-8-6-27-51(53)52-28-7-9-30-54(52)60(59)66-58/h2-38H,1,39H2. The van der Waals surface area contributed by atoms with Gasteiger partial charge in [-0.2, -0.15) is 0 Å². The van der Waals surface area contributed by atoms with Crippen LogP contribution in [0.25, 0.3) is 96.6 Å². The molecule has 1 aromatic heterocycles. The maximum Gasteiger partial charge on any atom is 0.161 e. The molecule has 4 heteroatoms. The van der Waals surface area contributed by atoms with E-state index in [1.165, 1.54) is 64.0 Å². The van der Waals surface area contributed by atoms with Crippen LogP contribution < -0.4 is 0 Å². The van der Waals surface area contributed by atoms with Crippen molar-refractivity contribution in [3.63, 3.8) is 0 Å². The highest BCUT2D eigenvalue weighted by atomic mass is 32.1. The first-order chi connectivity index (χ1) is 32.7. The molecule has 12 rings (SSSR count).